The maximum Gasteiger partial charge on any atom is 0.315 e. The molecule has 0 aliphatic rings. The van der Waals surface area contributed by atoms with Gasteiger partial charge in [-0.25, -0.2) is 0 Å². The highest BCUT2D eigenvalue weighted by atomic mass is 16.5. The fourth-order valence-corrected chi connectivity index (χ4v) is 1.47. The fourth-order valence-electron chi connectivity index (χ4n) is 1.47. The summed E-state index contributed by atoms with van der Waals surface area (Å²) in [6, 6.07) is 7.77. The van der Waals surface area contributed by atoms with Gasteiger partial charge in [-0.15, -0.1) is 7.05 Å². The second-order valence-electron chi connectivity index (χ2n) is 4.17. The molecule has 2 N–H and O–H groups in total. The van der Waals surface area contributed by atoms with Crippen LogP contribution in [0.2, 0.25) is 0 Å². The zero-order chi connectivity index (χ0) is 12.2. The predicted molar refractivity (Wildman–Crippen MR) is 63.0 cm³/mol. The number of ether oxygens (including phenoxy) is 1. The van der Waals surface area contributed by atoms with Gasteiger partial charge in [-0.05, 0) is 38.5 Å². The number of rotatable bonds is 4. The van der Waals surface area contributed by atoms with Crippen LogP contribution in [0.4, 0.5) is 5.69 Å². The molecule has 0 heterocycles. The van der Waals surface area contributed by atoms with Gasteiger partial charge in [0, 0.05) is 0 Å². The van der Waals surface area contributed by atoms with Crippen molar-refractivity contribution in [2.75, 3.05) is 6.61 Å². The van der Waals surface area contributed by atoms with Gasteiger partial charge in [-0.2, -0.15) is 0 Å². The Morgan fingerprint density at radius 3 is 2.38 bits per heavy atom. The molecule has 0 fully saturated rings. The van der Waals surface area contributed by atoms with Crippen molar-refractivity contribution in [2.24, 2.45) is 0 Å². The van der Waals surface area contributed by atoms with Gasteiger partial charge in [-0.1, -0.05) is 12.1 Å². The lowest BCUT2D eigenvalue weighted by molar-refractivity contribution is -0.504. The Balaban J connectivity index is 2.93. The smallest absolute Gasteiger partial charge is 0.315 e. The van der Waals surface area contributed by atoms with Crippen LogP contribution in [0, 0.1) is 7.05 Å². The van der Waals surface area contributed by atoms with Gasteiger partial charge in [0.2, 0.25) is 0 Å². The molecule has 3 heteroatoms. The summed E-state index contributed by atoms with van der Waals surface area (Å²) in [6.07, 6.45) is 0. The maximum atomic E-state index is 11.8. The molecule has 0 bridgehead atoms. The zero-order valence-electron chi connectivity index (χ0n) is 10.1. The van der Waals surface area contributed by atoms with Crippen molar-refractivity contribution in [2.45, 2.75) is 26.2 Å². The van der Waals surface area contributed by atoms with E-state index in [1.54, 1.807) is 5.32 Å². The molecule has 0 amide bonds. The molecular formula is C13H19NO2. The summed E-state index contributed by atoms with van der Waals surface area (Å²) in [4.78, 5) is 11.8. The number of esters is 1. The Hall–Kier alpha value is -1.35. The van der Waals surface area contributed by atoms with Crippen LogP contribution in [-0.2, 0) is 14.9 Å². The Labute approximate surface area is 96.8 Å². The molecule has 0 spiro atoms. The number of hydrogen-bond donors (Lipinski definition) is 1. The Morgan fingerprint density at radius 1 is 1.38 bits per heavy atom. The summed E-state index contributed by atoms with van der Waals surface area (Å²) in [6.45, 7) is 5.96. The summed E-state index contributed by atoms with van der Waals surface area (Å²) < 4.78 is 5.06. The number of hydrogen-bond acceptors (Lipinski definition) is 2. The topological polar surface area (TPSA) is 42.9 Å². The Kier molecular flexibility index (Phi) is 4.07. The van der Waals surface area contributed by atoms with Crippen LogP contribution in [0.3, 0.4) is 0 Å². The largest absolute Gasteiger partial charge is 0.465 e. The van der Waals surface area contributed by atoms with Crippen LogP contribution >= 0.6 is 0 Å². The molecule has 88 valence electrons. The summed E-state index contributed by atoms with van der Waals surface area (Å²) in [5, 5.41) is 1.78. The van der Waals surface area contributed by atoms with E-state index < -0.39 is 5.41 Å². The van der Waals surface area contributed by atoms with Gasteiger partial charge in [0.1, 0.15) is 5.69 Å². The van der Waals surface area contributed by atoms with Crippen LogP contribution in [-0.4, -0.2) is 12.6 Å². The van der Waals surface area contributed by atoms with E-state index in [-0.39, 0.29) is 5.97 Å². The third kappa shape index (κ3) is 2.61. The molecule has 1 aromatic rings. The normalized spacial score (nSPS) is 11.2. The molecule has 1 rings (SSSR count). The van der Waals surface area contributed by atoms with Crippen LogP contribution in [0.1, 0.15) is 26.3 Å². The summed E-state index contributed by atoms with van der Waals surface area (Å²) in [7, 11) is 3.70. The van der Waals surface area contributed by atoms with Crippen molar-refractivity contribution in [3.05, 3.63) is 36.9 Å². The van der Waals surface area contributed by atoms with E-state index in [0.717, 1.165) is 11.3 Å². The molecule has 0 aliphatic heterocycles. The highest BCUT2D eigenvalue weighted by molar-refractivity contribution is 5.82. The lowest BCUT2D eigenvalue weighted by atomic mass is 9.85. The minimum Gasteiger partial charge on any atom is -0.465 e. The quantitative estimate of drug-likeness (QED) is 0.476. The lowest BCUT2D eigenvalue weighted by Crippen LogP contribution is -2.69. The summed E-state index contributed by atoms with van der Waals surface area (Å²) in [5.74, 6) is -0.193. The molecule has 16 heavy (non-hydrogen) atoms. The van der Waals surface area contributed by atoms with Gasteiger partial charge < -0.3 is 10.1 Å². The van der Waals surface area contributed by atoms with Crippen LogP contribution in [0.25, 0.3) is 0 Å². The molecule has 3 nitrogen and oxygen atoms in total. The average molecular weight is 221 g/mol. The molecule has 1 aromatic carbocycles. The van der Waals surface area contributed by atoms with E-state index >= 15 is 0 Å². The van der Waals surface area contributed by atoms with E-state index in [9.17, 15) is 4.79 Å². The van der Waals surface area contributed by atoms with E-state index in [1.165, 1.54) is 0 Å². The van der Waals surface area contributed by atoms with Gasteiger partial charge in [-0.3, -0.25) is 4.79 Å². The number of carbonyl (C=O) groups excluding carboxylic acids is 1. The molecular weight excluding hydrogens is 202 g/mol. The fraction of sp³-hybridized carbons (Fsp3) is 0.385. The second kappa shape index (κ2) is 5.12. The van der Waals surface area contributed by atoms with Gasteiger partial charge >= 0.3 is 5.97 Å². The van der Waals surface area contributed by atoms with Gasteiger partial charge in [0.05, 0.1) is 12.0 Å². The molecule has 0 aliphatic carbocycles. The van der Waals surface area contributed by atoms with Crippen molar-refractivity contribution < 1.29 is 14.8 Å². The minimum atomic E-state index is -0.601. The molecule has 0 saturated heterocycles. The monoisotopic (exact) mass is 221 g/mol. The van der Waals surface area contributed by atoms with Crippen molar-refractivity contribution >= 4 is 11.7 Å². The van der Waals surface area contributed by atoms with E-state index in [0.29, 0.717) is 6.61 Å². The van der Waals surface area contributed by atoms with Crippen LogP contribution in [0.5, 0.6) is 0 Å². The Bertz CT molecular complexity index is 355. The van der Waals surface area contributed by atoms with E-state index in [4.69, 9.17) is 4.74 Å². The highest BCUT2D eigenvalue weighted by Crippen LogP contribution is 2.25. The first-order chi connectivity index (χ1) is 7.52. The summed E-state index contributed by atoms with van der Waals surface area (Å²) >= 11 is 0. The lowest BCUT2D eigenvalue weighted by Gasteiger charge is -2.22. The Morgan fingerprint density at radius 2 is 1.94 bits per heavy atom. The third-order valence-corrected chi connectivity index (χ3v) is 2.65. The SMILES string of the molecule is [CH2-][NH2+]c1ccc(C(C)(C)C(=O)OCC)cc1. The van der Waals surface area contributed by atoms with Crippen molar-refractivity contribution in [1.29, 1.82) is 0 Å². The highest BCUT2D eigenvalue weighted by Gasteiger charge is 2.31. The molecule has 0 unspecified atom stereocenters. The van der Waals surface area contributed by atoms with E-state index in [1.807, 2.05) is 45.0 Å². The number of nitrogens with two attached hydrogens (primary N) is 1. The number of quaternary nitrogens is 1. The molecule has 0 radical (unpaired) electrons. The first-order valence-corrected chi connectivity index (χ1v) is 5.42. The van der Waals surface area contributed by atoms with Crippen molar-refractivity contribution in [3.8, 4) is 0 Å². The van der Waals surface area contributed by atoms with Crippen molar-refractivity contribution in [1.82, 2.24) is 0 Å². The standard InChI is InChI=1S/C13H19NO2/c1-5-16-12(15)13(2,3)10-6-8-11(14-4)9-7-10/h6-9H,4-5,14H2,1-3H3. The zero-order valence-corrected chi connectivity index (χ0v) is 10.1. The molecule has 0 saturated carbocycles. The van der Waals surface area contributed by atoms with E-state index in [2.05, 4.69) is 7.05 Å². The van der Waals surface area contributed by atoms with Gasteiger partial charge in [0.25, 0.3) is 0 Å². The minimum absolute atomic E-state index is 0.193. The van der Waals surface area contributed by atoms with Crippen molar-refractivity contribution in [3.63, 3.8) is 0 Å². The van der Waals surface area contributed by atoms with Crippen LogP contribution < -0.4 is 5.32 Å². The first-order valence-electron chi connectivity index (χ1n) is 5.42. The van der Waals surface area contributed by atoms with Crippen LogP contribution in [0.15, 0.2) is 24.3 Å². The van der Waals surface area contributed by atoms with Gasteiger partial charge in [0.15, 0.2) is 0 Å². The number of benzene rings is 1. The molecule has 0 aromatic heterocycles. The predicted octanol–water partition coefficient (Wildman–Crippen LogP) is 1.51. The third-order valence-electron chi connectivity index (χ3n) is 2.65. The average Bonchev–Trinajstić information content (AvgIpc) is 2.29. The molecule has 0 atom stereocenters. The summed E-state index contributed by atoms with van der Waals surface area (Å²) in [5.41, 5.74) is 1.40. The first kappa shape index (κ1) is 12.7. The number of carbonyl (C=O) groups is 1. The maximum absolute atomic E-state index is 11.8. The second-order valence-corrected chi connectivity index (χ2v) is 4.17.